The van der Waals surface area contributed by atoms with Crippen LogP contribution in [0.3, 0.4) is 0 Å². The lowest BCUT2D eigenvalue weighted by Crippen LogP contribution is -2.32. The highest BCUT2D eigenvalue weighted by molar-refractivity contribution is 5.20. The van der Waals surface area contributed by atoms with Crippen molar-refractivity contribution in [3.63, 3.8) is 0 Å². The maximum Gasteiger partial charge on any atom is 0.119 e. The minimum absolute atomic E-state index is 0.597. The Morgan fingerprint density at radius 3 is 2.50 bits per heavy atom. The lowest BCUT2D eigenvalue weighted by atomic mass is 9.97. The molecular weight excluding hydrogens is 198 g/mol. The van der Waals surface area contributed by atoms with Crippen molar-refractivity contribution < 1.29 is 4.74 Å². The van der Waals surface area contributed by atoms with Crippen LogP contribution in [0.5, 0.6) is 5.75 Å². The summed E-state index contributed by atoms with van der Waals surface area (Å²) in [6, 6.07) is 10.6. The summed E-state index contributed by atoms with van der Waals surface area (Å²) in [4.78, 5) is 0. The predicted octanol–water partition coefficient (Wildman–Crippen LogP) is 3.09. The van der Waals surface area contributed by atoms with Gasteiger partial charge in [0.2, 0.25) is 0 Å². The molecule has 0 fully saturated rings. The van der Waals surface area contributed by atoms with Crippen molar-refractivity contribution in [2.75, 3.05) is 13.7 Å². The topological polar surface area (TPSA) is 21.3 Å². The molecule has 90 valence electrons. The summed E-state index contributed by atoms with van der Waals surface area (Å²) in [5.74, 6) is 1.62. The second kappa shape index (κ2) is 7.29. The summed E-state index contributed by atoms with van der Waals surface area (Å²) in [6.07, 6.45) is 2.26. The summed E-state index contributed by atoms with van der Waals surface area (Å²) in [6.45, 7) is 5.29. The fraction of sp³-hybridized carbons (Fsp3) is 0.571. The van der Waals surface area contributed by atoms with Gasteiger partial charge in [0, 0.05) is 6.04 Å². The predicted molar refractivity (Wildman–Crippen MR) is 68.9 cm³/mol. The van der Waals surface area contributed by atoms with Gasteiger partial charge in [0.05, 0.1) is 6.61 Å². The average molecular weight is 221 g/mol. The fourth-order valence-corrected chi connectivity index (χ4v) is 1.97. The number of para-hydroxylation sites is 1. The van der Waals surface area contributed by atoms with E-state index in [-0.39, 0.29) is 0 Å². The standard InChI is InChI=1S/C14H23NO/c1-4-14(15-3)12(2)10-11-16-13-8-6-5-7-9-13/h5-9,12,14-15H,4,10-11H2,1-3H3. The molecule has 2 heteroatoms. The quantitative estimate of drug-likeness (QED) is 0.764. The summed E-state index contributed by atoms with van der Waals surface area (Å²) in [5.41, 5.74) is 0. The third-order valence-corrected chi connectivity index (χ3v) is 3.08. The first-order valence-electron chi connectivity index (χ1n) is 6.13. The van der Waals surface area contributed by atoms with E-state index in [1.165, 1.54) is 6.42 Å². The van der Waals surface area contributed by atoms with Crippen LogP contribution in [0.15, 0.2) is 30.3 Å². The Bertz CT molecular complexity index is 269. The molecule has 1 rings (SSSR count). The van der Waals surface area contributed by atoms with Gasteiger partial charge in [-0.1, -0.05) is 32.0 Å². The molecule has 0 aliphatic rings. The molecule has 0 spiro atoms. The molecule has 0 aromatic heterocycles. The SMILES string of the molecule is CCC(NC)C(C)CCOc1ccccc1. The molecule has 2 nitrogen and oxygen atoms in total. The molecule has 0 aliphatic heterocycles. The summed E-state index contributed by atoms with van der Waals surface area (Å²) in [5, 5.41) is 3.34. The molecule has 0 aliphatic carbocycles. The molecule has 2 atom stereocenters. The van der Waals surface area contributed by atoms with Crippen molar-refractivity contribution in [3.8, 4) is 5.75 Å². The number of hydrogen-bond donors (Lipinski definition) is 1. The van der Waals surface area contributed by atoms with Gasteiger partial charge in [-0.15, -0.1) is 0 Å². The van der Waals surface area contributed by atoms with Gasteiger partial charge < -0.3 is 10.1 Å². The van der Waals surface area contributed by atoms with E-state index in [4.69, 9.17) is 4.74 Å². The van der Waals surface area contributed by atoms with Gasteiger partial charge in [-0.05, 0) is 37.9 Å². The Labute approximate surface area is 99.0 Å². The maximum absolute atomic E-state index is 5.69. The van der Waals surface area contributed by atoms with Crippen LogP contribution in [0.1, 0.15) is 26.7 Å². The van der Waals surface area contributed by atoms with E-state index in [9.17, 15) is 0 Å². The molecule has 0 bridgehead atoms. The molecular formula is C14H23NO. The zero-order valence-electron chi connectivity index (χ0n) is 10.6. The van der Waals surface area contributed by atoms with E-state index in [2.05, 4.69) is 19.2 Å². The van der Waals surface area contributed by atoms with E-state index in [0.717, 1.165) is 18.8 Å². The number of nitrogens with one attached hydrogen (secondary N) is 1. The summed E-state index contributed by atoms with van der Waals surface area (Å²) < 4.78 is 5.69. The van der Waals surface area contributed by atoms with E-state index in [1.807, 2.05) is 37.4 Å². The van der Waals surface area contributed by atoms with Crippen LogP contribution in [0, 0.1) is 5.92 Å². The van der Waals surface area contributed by atoms with Crippen molar-refractivity contribution in [1.29, 1.82) is 0 Å². The van der Waals surface area contributed by atoms with Crippen LogP contribution in [0.2, 0.25) is 0 Å². The second-order valence-corrected chi connectivity index (χ2v) is 4.23. The zero-order valence-corrected chi connectivity index (χ0v) is 10.6. The molecule has 1 aromatic carbocycles. The Morgan fingerprint density at radius 1 is 1.25 bits per heavy atom. The van der Waals surface area contributed by atoms with Crippen molar-refractivity contribution in [1.82, 2.24) is 5.32 Å². The number of ether oxygens (including phenoxy) is 1. The van der Waals surface area contributed by atoms with Gasteiger partial charge >= 0.3 is 0 Å². The van der Waals surface area contributed by atoms with Crippen LogP contribution < -0.4 is 10.1 Å². The van der Waals surface area contributed by atoms with Crippen LogP contribution in [-0.4, -0.2) is 19.7 Å². The van der Waals surface area contributed by atoms with Crippen molar-refractivity contribution >= 4 is 0 Å². The molecule has 0 amide bonds. The largest absolute Gasteiger partial charge is 0.494 e. The Balaban J connectivity index is 2.25. The normalized spacial score (nSPS) is 14.4. The lowest BCUT2D eigenvalue weighted by Gasteiger charge is -2.22. The number of rotatable bonds is 7. The van der Waals surface area contributed by atoms with Crippen molar-refractivity contribution in [2.24, 2.45) is 5.92 Å². The fourth-order valence-electron chi connectivity index (χ4n) is 1.97. The van der Waals surface area contributed by atoms with E-state index >= 15 is 0 Å². The van der Waals surface area contributed by atoms with Gasteiger partial charge in [0.15, 0.2) is 0 Å². The highest BCUT2D eigenvalue weighted by Crippen LogP contribution is 2.13. The number of hydrogen-bond acceptors (Lipinski definition) is 2. The van der Waals surface area contributed by atoms with Gasteiger partial charge in [-0.2, -0.15) is 0 Å². The molecule has 0 radical (unpaired) electrons. The average Bonchev–Trinajstić information content (AvgIpc) is 2.32. The minimum atomic E-state index is 0.597. The van der Waals surface area contributed by atoms with Gasteiger partial charge in [-0.3, -0.25) is 0 Å². The third-order valence-electron chi connectivity index (χ3n) is 3.08. The first-order chi connectivity index (χ1) is 7.77. The van der Waals surface area contributed by atoms with E-state index < -0.39 is 0 Å². The first kappa shape index (κ1) is 13.0. The van der Waals surface area contributed by atoms with Gasteiger partial charge in [0.1, 0.15) is 5.75 Å². The summed E-state index contributed by atoms with van der Waals surface area (Å²) in [7, 11) is 2.03. The lowest BCUT2D eigenvalue weighted by molar-refractivity contribution is 0.257. The van der Waals surface area contributed by atoms with Gasteiger partial charge in [-0.25, -0.2) is 0 Å². The first-order valence-corrected chi connectivity index (χ1v) is 6.13. The van der Waals surface area contributed by atoms with E-state index in [0.29, 0.717) is 12.0 Å². The Hall–Kier alpha value is -1.02. The zero-order chi connectivity index (χ0) is 11.8. The van der Waals surface area contributed by atoms with Crippen molar-refractivity contribution in [2.45, 2.75) is 32.7 Å². The molecule has 0 saturated carbocycles. The third kappa shape index (κ3) is 4.23. The van der Waals surface area contributed by atoms with E-state index in [1.54, 1.807) is 0 Å². The second-order valence-electron chi connectivity index (χ2n) is 4.23. The van der Waals surface area contributed by atoms with Crippen LogP contribution in [0.4, 0.5) is 0 Å². The molecule has 0 heterocycles. The minimum Gasteiger partial charge on any atom is -0.494 e. The molecule has 2 unspecified atom stereocenters. The smallest absolute Gasteiger partial charge is 0.119 e. The number of benzene rings is 1. The molecule has 1 aromatic rings. The van der Waals surface area contributed by atoms with Crippen molar-refractivity contribution in [3.05, 3.63) is 30.3 Å². The molecule has 1 N–H and O–H groups in total. The van der Waals surface area contributed by atoms with Crippen LogP contribution in [0.25, 0.3) is 0 Å². The Morgan fingerprint density at radius 2 is 1.94 bits per heavy atom. The molecule has 16 heavy (non-hydrogen) atoms. The highest BCUT2D eigenvalue weighted by atomic mass is 16.5. The van der Waals surface area contributed by atoms with Crippen LogP contribution in [-0.2, 0) is 0 Å². The molecule has 0 saturated heterocycles. The Kier molecular flexibility index (Phi) is 5.94. The monoisotopic (exact) mass is 221 g/mol. The summed E-state index contributed by atoms with van der Waals surface area (Å²) >= 11 is 0. The van der Waals surface area contributed by atoms with Crippen LogP contribution >= 0.6 is 0 Å². The maximum atomic E-state index is 5.69. The van der Waals surface area contributed by atoms with Gasteiger partial charge in [0.25, 0.3) is 0 Å². The highest BCUT2D eigenvalue weighted by Gasteiger charge is 2.12.